The molecule has 1 aliphatic heterocycles. The zero-order valence-corrected chi connectivity index (χ0v) is 9.92. The fraction of sp³-hybridized carbons (Fsp3) is 0.538. The van der Waals surface area contributed by atoms with Crippen molar-refractivity contribution in [2.24, 2.45) is 5.73 Å². The summed E-state index contributed by atoms with van der Waals surface area (Å²) >= 11 is 0. The van der Waals surface area contributed by atoms with Gasteiger partial charge in [0.05, 0.1) is 12.7 Å². The zero-order chi connectivity index (χ0) is 11.3. The third-order valence-corrected chi connectivity index (χ3v) is 2.68. The lowest BCUT2D eigenvalue weighted by atomic mass is 9.94. The molecule has 2 heteroatoms. The van der Waals surface area contributed by atoms with Crippen molar-refractivity contribution in [1.82, 2.24) is 0 Å². The minimum absolute atomic E-state index is 0.114. The van der Waals surface area contributed by atoms with Gasteiger partial charge in [-0.1, -0.05) is 32.0 Å². The van der Waals surface area contributed by atoms with E-state index in [1.165, 1.54) is 16.7 Å². The first-order valence-electron chi connectivity index (χ1n) is 5.73. The molecule has 2 N–H and O–H groups in total. The number of ether oxygens (including phenoxy) is 1. The smallest absolute Gasteiger partial charge is 0.0949 e. The lowest BCUT2D eigenvalue weighted by Gasteiger charge is -2.26. The summed E-state index contributed by atoms with van der Waals surface area (Å²) in [6.07, 6.45) is 1.14. The van der Waals surface area contributed by atoms with Crippen LogP contribution in [0, 0.1) is 6.92 Å². The molecule has 15 heavy (non-hydrogen) atoms. The van der Waals surface area contributed by atoms with Gasteiger partial charge in [0.25, 0.3) is 0 Å². The van der Waals surface area contributed by atoms with Crippen LogP contribution >= 0.6 is 0 Å². The van der Waals surface area contributed by atoms with Gasteiger partial charge in [-0.3, -0.25) is 0 Å². The first-order chi connectivity index (χ1) is 7.33. The summed E-state index contributed by atoms with van der Waals surface area (Å²) < 4.78 is 5.58. The zero-order valence-electron chi connectivity index (χ0n) is 9.92. The van der Waals surface area contributed by atoms with Crippen molar-refractivity contribution >= 4 is 0 Å². The Labute approximate surface area is 92.4 Å². The van der Waals surface area contributed by atoms with Crippen LogP contribution < -0.4 is 5.73 Å². The van der Waals surface area contributed by atoms with Crippen LogP contribution in [0.3, 0.4) is 0 Å². The third kappa shape index (κ3) is 2.58. The molecule has 84 valence electrons. The average molecular weight is 207 g/mol. The van der Waals surface area contributed by atoms with Crippen LogP contribution in [0.15, 0.2) is 18.2 Å². The van der Waals surface area contributed by atoms with Crippen LogP contribution in [0.5, 0.6) is 0 Å². The second-order valence-electron chi connectivity index (χ2n) is 3.49. The summed E-state index contributed by atoms with van der Waals surface area (Å²) in [7, 11) is 0. The van der Waals surface area contributed by atoms with E-state index in [1.807, 2.05) is 13.8 Å². The summed E-state index contributed by atoms with van der Waals surface area (Å²) in [6.45, 7) is 7.54. The molecule has 1 aliphatic rings. The molecule has 1 aromatic carbocycles. The summed E-state index contributed by atoms with van der Waals surface area (Å²) in [6, 6.07) is 6.35. The van der Waals surface area contributed by atoms with E-state index in [4.69, 9.17) is 10.5 Å². The van der Waals surface area contributed by atoms with Crippen molar-refractivity contribution in [3.8, 4) is 0 Å². The Morgan fingerprint density at radius 1 is 1.40 bits per heavy atom. The average Bonchev–Trinajstić information content (AvgIpc) is 2.32. The quantitative estimate of drug-likeness (QED) is 0.768. The molecule has 2 rings (SSSR count). The number of hydrogen-bond acceptors (Lipinski definition) is 2. The van der Waals surface area contributed by atoms with Crippen LogP contribution in [0.4, 0.5) is 0 Å². The molecule has 0 fully saturated rings. The van der Waals surface area contributed by atoms with E-state index in [2.05, 4.69) is 25.1 Å². The third-order valence-electron chi connectivity index (χ3n) is 2.68. The molecule has 0 amide bonds. The Bertz CT molecular complexity index is 309. The van der Waals surface area contributed by atoms with Crippen molar-refractivity contribution in [3.63, 3.8) is 0 Å². The molecule has 0 aromatic heterocycles. The van der Waals surface area contributed by atoms with Crippen molar-refractivity contribution in [2.75, 3.05) is 13.2 Å². The van der Waals surface area contributed by atoms with Gasteiger partial charge in [0.15, 0.2) is 0 Å². The maximum absolute atomic E-state index is 5.64. The van der Waals surface area contributed by atoms with Crippen LogP contribution in [-0.4, -0.2) is 13.2 Å². The molecule has 1 aromatic rings. The van der Waals surface area contributed by atoms with Gasteiger partial charge in [-0.25, -0.2) is 0 Å². The Morgan fingerprint density at radius 3 is 2.80 bits per heavy atom. The number of aryl methyl sites for hydroxylation is 1. The van der Waals surface area contributed by atoms with Crippen LogP contribution in [-0.2, 0) is 11.2 Å². The highest BCUT2D eigenvalue weighted by molar-refractivity contribution is 5.37. The molecule has 0 radical (unpaired) electrons. The van der Waals surface area contributed by atoms with E-state index in [1.54, 1.807) is 0 Å². The number of rotatable bonds is 1. The number of hydrogen-bond donors (Lipinski definition) is 1. The minimum Gasteiger partial charge on any atom is -0.372 e. The maximum Gasteiger partial charge on any atom is 0.0949 e. The highest BCUT2D eigenvalue weighted by Crippen LogP contribution is 2.28. The van der Waals surface area contributed by atoms with E-state index >= 15 is 0 Å². The number of nitrogens with two attached hydrogens (primary N) is 1. The summed E-state index contributed by atoms with van der Waals surface area (Å²) in [5.74, 6) is 0. The van der Waals surface area contributed by atoms with Crippen molar-refractivity contribution in [2.45, 2.75) is 33.3 Å². The van der Waals surface area contributed by atoms with Crippen molar-refractivity contribution < 1.29 is 4.74 Å². The molecule has 0 saturated heterocycles. The molecule has 0 aliphatic carbocycles. The highest BCUT2D eigenvalue weighted by Gasteiger charge is 2.19. The highest BCUT2D eigenvalue weighted by atomic mass is 16.5. The predicted molar refractivity (Wildman–Crippen MR) is 64.0 cm³/mol. The first kappa shape index (κ1) is 12.2. The van der Waals surface area contributed by atoms with Gasteiger partial charge >= 0.3 is 0 Å². The molecule has 0 spiro atoms. The maximum atomic E-state index is 5.64. The number of benzene rings is 1. The van der Waals surface area contributed by atoms with E-state index in [0.29, 0.717) is 6.54 Å². The number of fused-ring (bicyclic) bond motifs is 1. The standard InChI is InChI=1S/C11H15NO.C2H6/c1-8-3-2-4-10-9(8)5-6-13-11(10)7-12;1-2/h2-4,11H,5-7,12H2,1H3;1-2H3. The van der Waals surface area contributed by atoms with E-state index in [-0.39, 0.29) is 6.10 Å². The lowest BCUT2D eigenvalue weighted by molar-refractivity contribution is 0.0483. The van der Waals surface area contributed by atoms with E-state index in [9.17, 15) is 0 Å². The van der Waals surface area contributed by atoms with E-state index in [0.717, 1.165) is 13.0 Å². The van der Waals surface area contributed by atoms with Crippen LogP contribution in [0.25, 0.3) is 0 Å². The van der Waals surface area contributed by atoms with E-state index < -0.39 is 0 Å². The van der Waals surface area contributed by atoms with Gasteiger partial charge in [-0.15, -0.1) is 0 Å². The molecule has 0 bridgehead atoms. The first-order valence-corrected chi connectivity index (χ1v) is 5.73. The van der Waals surface area contributed by atoms with Gasteiger partial charge in [0.2, 0.25) is 0 Å². The Morgan fingerprint density at radius 2 is 2.13 bits per heavy atom. The predicted octanol–water partition coefficient (Wildman–Crippen LogP) is 2.59. The second-order valence-corrected chi connectivity index (χ2v) is 3.49. The lowest BCUT2D eigenvalue weighted by Crippen LogP contribution is -2.23. The Kier molecular flexibility index (Phi) is 4.79. The fourth-order valence-corrected chi connectivity index (χ4v) is 1.96. The molecule has 1 heterocycles. The fourth-order valence-electron chi connectivity index (χ4n) is 1.96. The molecule has 2 nitrogen and oxygen atoms in total. The SMILES string of the molecule is CC.Cc1cccc2c1CCOC2CN. The molecular formula is C13H21NO. The monoisotopic (exact) mass is 207 g/mol. The molecule has 1 unspecified atom stereocenters. The summed E-state index contributed by atoms with van der Waals surface area (Å²) in [5, 5.41) is 0. The Balaban J connectivity index is 0.000000531. The van der Waals surface area contributed by atoms with Crippen molar-refractivity contribution in [3.05, 3.63) is 34.9 Å². The molecular weight excluding hydrogens is 186 g/mol. The Hall–Kier alpha value is -0.860. The normalized spacial score (nSPS) is 18.8. The van der Waals surface area contributed by atoms with Gasteiger partial charge in [-0.05, 0) is 30.0 Å². The summed E-state index contributed by atoms with van der Waals surface area (Å²) in [5.41, 5.74) is 9.72. The van der Waals surface area contributed by atoms with Crippen LogP contribution in [0.1, 0.15) is 36.6 Å². The minimum atomic E-state index is 0.114. The topological polar surface area (TPSA) is 35.2 Å². The largest absolute Gasteiger partial charge is 0.372 e. The molecule has 0 saturated carbocycles. The molecule has 1 atom stereocenters. The van der Waals surface area contributed by atoms with Gasteiger partial charge < -0.3 is 10.5 Å². The summed E-state index contributed by atoms with van der Waals surface area (Å²) in [4.78, 5) is 0. The van der Waals surface area contributed by atoms with Gasteiger partial charge in [-0.2, -0.15) is 0 Å². The van der Waals surface area contributed by atoms with Crippen molar-refractivity contribution in [1.29, 1.82) is 0 Å². The van der Waals surface area contributed by atoms with Gasteiger partial charge in [0.1, 0.15) is 0 Å². The van der Waals surface area contributed by atoms with Gasteiger partial charge in [0, 0.05) is 6.54 Å². The van der Waals surface area contributed by atoms with Crippen LogP contribution in [0.2, 0.25) is 0 Å². The second kappa shape index (κ2) is 5.89.